The molecule has 0 aliphatic carbocycles. The predicted octanol–water partition coefficient (Wildman–Crippen LogP) is 4.35. The Bertz CT molecular complexity index is 862. The van der Waals surface area contributed by atoms with Crippen molar-refractivity contribution in [2.45, 2.75) is 51.9 Å². The number of hydrogen-bond acceptors (Lipinski definition) is 7. The molecule has 3 rings (SSSR count). The van der Waals surface area contributed by atoms with Crippen LogP contribution in [0.1, 0.15) is 52.4 Å². The topological polar surface area (TPSA) is 86.9 Å². The third-order valence-electron chi connectivity index (χ3n) is 4.18. The molecule has 0 bridgehead atoms. The highest BCUT2D eigenvalue weighted by molar-refractivity contribution is 6.30. The Hall–Kier alpha value is -2.32. The van der Waals surface area contributed by atoms with E-state index >= 15 is 0 Å². The van der Waals surface area contributed by atoms with E-state index in [1.807, 2.05) is 34.6 Å². The van der Waals surface area contributed by atoms with Crippen LogP contribution in [-0.4, -0.2) is 46.5 Å². The summed E-state index contributed by atoms with van der Waals surface area (Å²) in [7, 11) is 0. The van der Waals surface area contributed by atoms with Gasteiger partial charge in [-0.2, -0.15) is 4.98 Å². The minimum Gasteiger partial charge on any atom is -0.478 e. The van der Waals surface area contributed by atoms with Crippen LogP contribution in [0.4, 0.5) is 4.79 Å². The summed E-state index contributed by atoms with van der Waals surface area (Å²) in [5.74, 6) is 1.20. The Morgan fingerprint density at radius 3 is 2.72 bits per heavy atom. The molecule has 0 saturated carbocycles. The van der Waals surface area contributed by atoms with Crippen LogP contribution in [0.15, 0.2) is 28.8 Å². The fourth-order valence-electron chi connectivity index (χ4n) is 2.84. The SMILES string of the molecule is CC(C)(C)OC(=O)N1CCOC[C@@H]1c1noc(C(C)(C)Oc2cccc(Cl)c2)n1. The van der Waals surface area contributed by atoms with Gasteiger partial charge in [0.2, 0.25) is 0 Å². The number of hydrogen-bond donors (Lipinski definition) is 0. The molecule has 29 heavy (non-hydrogen) atoms. The van der Waals surface area contributed by atoms with Crippen LogP contribution < -0.4 is 4.74 Å². The lowest BCUT2D eigenvalue weighted by atomic mass is 10.1. The molecule has 2 heterocycles. The average Bonchev–Trinajstić information content (AvgIpc) is 3.11. The summed E-state index contributed by atoms with van der Waals surface area (Å²) in [5.41, 5.74) is -1.50. The molecule has 8 nitrogen and oxygen atoms in total. The van der Waals surface area contributed by atoms with E-state index in [1.165, 1.54) is 0 Å². The van der Waals surface area contributed by atoms with E-state index in [-0.39, 0.29) is 12.5 Å². The van der Waals surface area contributed by atoms with Crippen LogP contribution in [-0.2, 0) is 15.1 Å². The number of benzene rings is 1. The number of carbonyl (C=O) groups is 1. The largest absolute Gasteiger partial charge is 0.478 e. The number of morpholine rings is 1. The average molecular weight is 424 g/mol. The predicted molar refractivity (Wildman–Crippen MR) is 106 cm³/mol. The minimum absolute atomic E-state index is 0.258. The van der Waals surface area contributed by atoms with Gasteiger partial charge in [-0.3, -0.25) is 4.90 Å². The molecule has 1 aromatic carbocycles. The highest BCUT2D eigenvalue weighted by atomic mass is 35.5. The summed E-state index contributed by atoms with van der Waals surface area (Å²) in [5, 5.41) is 4.64. The summed E-state index contributed by atoms with van der Waals surface area (Å²) in [6.07, 6.45) is -0.438. The van der Waals surface area contributed by atoms with Crippen LogP contribution in [0, 0.1) is 0 Å². The molecule has 0 unspecified atom stereocenters. The maximum atomic E-state index is 12.6. The van der Waals surface area contributed by atoms with Gasteiger partial charge in [0.1, 0.15) is 17.4 Å². The van der Waals surface area contributed by atoms with E-state index in [9.17, 15) is 4.79 Å². The van der Waals surface area contributed by atoms with E-state index in [1.54, 1.807) is 29.2 Å². The van der Waals surface area contributed by atoms with E-state index in [2.05, 4.69) is 10.1 Å². The fraction of sp³-hybridized carbons (Fsp3) is 0.550. The van der Waals surface area contributed by atoms with Crippen molar-refractivity contribution < 1.29 is 23.5 Å². The van der Waals surface area contributed by atoms with Crippen molar-refractivity contribution in [1.29, 1.82) is 0 Å². The number of amides is 1. The first-order valence-corrected chi connectivity index (χ1v) is 9.79. The summed E-state index contributed by atoms with van der Waals surface area (Å²) in [4.78, 5) is 18.7. The van der Waals surface area contributed by atoms with Crippen LogP contribution in [0.25, 0.3) is 0 Å². The molecule has 1 aliphatic heterocycles. The van der Waals surface area contributed by atoms with Gasteiger partial charge in [-0.15, -0.1) is 0 Å². The second-order valence-corrected chi connectivity index (χ2v) is 8.73. The van der Waals surface area contributed by atoms with Crippen molar-refractivity contribution in [1.82, 2.24) is 15.0 Å². The van der Waals surface area contributed by atoms with E-state index in [4.69, 9.17) is 30.3 Å². The molecule has 1 amide bonds. The molecule has 1 fully saturated rings. The van der Waals surface area contributed by atoms with Crippen molar-refractivity contribution in [2.24, 2.45) is 0 Å². The molecule has 1 atom stereocenters. The zero-order valence-electron chi connectivity index (χ0n) is 17.3. The van der Waals surface area contributed by atoms with Gasteiger partial charge >= 0.3 is 6.09 Å². The summed E-state index contributed by atoms with van der Waals surface area (Å²) < 4.78 is 22.5. The van der Waals surface area contributed by atoms with E-state index < -0.39 is 23.3 Å². The van der Waals surface area contributed by atoms with E-state index in [0.29, 0.717) is 29.7 Å². The Balaban J connectivity index is 1.78. The van der Waals surface area contributed by atoms with Crippen molar-refractivity contribution in [3.63, 3.8) is 0 Å². The summed E-state index contributed by atoms with van der Waals surface area (Å²) in [6, 6.07) is 6.56. The summed E-state index contributed by atoms with van der Waals surface area (Å²) >= 11 is 6.02. The van der Waals surface area contributed by atoms with Gasteiger partial charge in [-0.25, -0.2) is 4.79 Å². The first kappa shape index (κ1) is 21.4. The third-order valence-corrected chi connectivity index (χ3v) is 4.42. The molecular formula is C20H26ClN3O5. The Kier molecular flexibility index (Phi) is 6.05. The fourth-order valence-corrected chi connectivity index (χ4v) is 3.02. The van der Waals surface area contributed by atoms with Crippen LogP contribution in [0.2, 0.25) is 5.02 Å². The standard InChI is InChI=1S/C20H26ClN3O5/c1-19(2,3)28-18(25)24-9-10-26-12-15(24)16-22-17(29-23-16)20(4,5)27-14-8-6-7-13(21)11-14/h6-8,11,15H,9-10,12H2,1-5H3/t15-/m1/s1. The molecule has 0 N–H and O–H groups in total. The van der Waals surface area contributed by atoms with Crippen molar-refractivity contribution >= 4 is 17.7 Å². The highest BCUT2D eigenvalue weighted by Gasteiger charge is 2.37. The number of aromatic nitrogens is 2. The molecule has 0 radical (unpaired) electrons. The molecular weight excluding hydrogens is 398 g/mol. The molecule has 0 spiro atoms. The minimum atomic E-state index is -0.901. The molecule has 1 saturated heterocycles. The van der Waals surface area contributed by atoms with Crippen LogP contribution in [0.5, 0.6) is 5.75 Å². The zero-order chi connectivity index (χ0) is 21.2. The van der Waals surface area contributed by atoms with Gasteiger partial charge in [0.25, 0.3) is 5.89 Å². The first-order chi connectivity index (χ1) is 13.5. The smallest absolute Gasteiger partial charge is 0.411 e. The number of carbonyl (C=O) groups excluding carboxylic acids is 1. The maximum Gasteiger partial charge on any atom is 0.411 e. The number of rotatable bonds is 4. The van der Waals surface area contributed by atoms with Crippen molar-refractivity contribution in [3.8, 4) is 5.75 Å². The Morgan fingerprint density at radius 2 is 2.03 bits per heavy atom. The van der Waals surface area contributed by atoms with Crippen LogP contribution in [0.3, 0.4) is 0 Å². The van der Waals surface area contributed by atoms with Gasteiger partial charge in [0.05, 0.1) is 13.2 Å². The second kappa shape index (κ2) is 8.20. The van der Waals surface area contributed by atoms with Gasteiger partial charge in [-0.1, -0.05) is 22.8 Å². The van der Waals surface area contributed by atoms with Gasteiger partial charge in [-0.05, 0) is 52.8 Å². The van der Waals surface area contributed by atoms with E-state index in [0.717, 1.165) is 0 Å². The number of nitrogens with zero attached hydrogens (tertiary/aromatic N) is 3. The van der Waals surface area contributed by atoms with Crippen molar-refractivity contribution in [2.75, 3.05) is 19.8 Å². The van der Waals surface area contributed by atoms with Gasteiger partial charge in [0.15, 0.2) is 11.4 Å². The lowest BCUT2D eigenvalue weighted by Crippen LogP contribution is -2.46. The normalized spacial score (nSPS) is 17.9. The Morgan fingerprint density at radius 1 is 1.28 bits per heavy atom. The van der Waals surface area contributed by atoms with Gasteiger partial charge in [0, 0.05) is 11.6 Å². The first-order valence-electron chi connectivity index (χ1n) is 9.41. The quantitative estimate of drug-likeness (QED) is 0.722. The number of halogens is 1. The van der Waals surface area contributed by atoms with Crippen LogP contribution >= 0.6 is 11.6 Å². The van der Waals surface area contributed by atoms with Gasteiger partial charge < -0.3 is 18.7 Å². The lowest BCUT2D eigenvalue weighted by molar-refractivity contribution is -0.0354. The monoisotopic (exact) mass is 423 g/mol. The third kappa shape index (κ3) is 5.39. The zero-order valence-corrected chi connectivity index (χ0v) is 18.0. The second-order valence-electron chi connectivity index (χ2n) is 8.29. The highest BCUT2D eigenvalue weighted by Crippen LogP contribution is 2.30. The number of ether oxygens (including phenoxy) is 3. The summed E-state index contributed by atoms with van der Waals surface area (Å²) in [6.45, 7) is 10.2. The lowest BCUT2D eigenvalue weighted by Gasteiger charge is -2.34. The molecule has 9 heteroatoms. The molecule has 1 aromatic heterocycles. The molecule has 2 aromatic rings. The molecule has 1 aliphatic rings. The Labute approximate surface area is 175 Å². The maximum absolute atomic E-state index is 12.6. The van der Waals surface area contributed by atoms with Crippen molar-refractivity contribution in [3.05, 3.63) is 41.0 Å². The molecule has 158 valence electrons.